The number of nitrogens with zero attached hydrogens (tertiary/aromatic N) is 1. The van der Waals surface area contributed by atoms with E-state index in [1.54, 1.807) is 0 Å². The van der Waals surface area contributed by atoms with Crippen molar-refractivity contribution in [3.63, 3.8) is 0 Å². The molecule has 106 valence electrons. The summed E-state index contributed by atoms with van der Waals surface area (Å²) in [6, 6.07) is 0.383. The summed E-state index contributed by atoms with van der Waals surface area (Å²) < 4.78 is 0. The summed E-state index contributed by atoms with van der Waals surface area (Å²) in [4.78, 5) is 14.5. The fraction of sp³-hybridized carbons (Fsp3) is 0.933. The average Bonchev–Trinajstić information content (AvgIpc) is 2.43. The fourth-order valence-electron chi connectivity index (χ4n) is 3.23. The van der Waals surface area contributed by atoms with Gasteiger partial charge in [-0.15, -0.1) is 0 Å². The zero-order valence-corrected chi connectivity index (χ0v) is 13.1. The molecule has 1 heterocycles. The second-order valence-corrected chi connectivity index (χ2v) is 7.70. The van der Waals surface area contributed by atoms with Gasteiger partial charge in [0.1, 0.15) is 0 Å². The van der Waals surface area contributed by atoms with Crippen LogP contribution in [0.25, 0.3) is 0 Å². The molecule has 1 atom stereocenters. The summed E-state index contributed by atoms with van der Waals surface area (Å²) in [5, 5.41) is 3.37. The molecule has 18 heavy (non-hydrogen) atoms. The van der Waals surface area contributed by atoms with Crippen molar-refractivity contribution in [2.24, 2.45) is 5.41 Å². The minimum atomic E-state index is -0.0528. The largest absolute Gasteiger partial charge is 0.336 e. The predicted molar refractivity (Wildman–Crippen MR) is 76.5 cm³/mol. The van der Waals surface area contributed by atoms with Crippen LogP contribution in [0.2, 0.25) is 0 Å². The molecule has 0 radical (unpaired) electrons. The van der Waals surface area contributed by atoms with E-state index in [0.29, 0.717) is 6.04 Å². The van der Waals surface area contributed by atoms with E-state index in [0.717, 1.165) is 19.4 Å². The van der Waals surface area contributed by atoms with Gasteiger partial charge in [-0.05, 0) is 32.1 Å². The van der Waals surface area contributed by atoms with Gasteiger partial charge in [0, 0.05) is 18.1 Å². The molecule has 1 aliphatic heterocycles. The number of nitrogens with one attached hydrogen (secondary N) is 1. The quantitative estimate of drug-likeness (QED) is 0.836. The van der Waals surface area contributed by atoms with Crippen molar-refractivity contribution in [3.05, 3.63) is 0 Å². The normalized spacial score (nSPS) is 22.1. The number of carbonyl (C=O) groups excluding carboxylic acids is 1. The van der Waals surface area contributed by atoms with Crippen molar-refractivity contribution < 1.29 is 4.79 Å². The Morgan fingerprint density at radius 2 is 1.83 bits per heavy atom. The van der Waals surface area contributed by atoms with Gasteiger partial charge in [0.05, 0.1) is 6.04 Å². The first-order chi connectivity index (χ1) is 8.03. The van der Waals surface area contributed by atoms with E-state index in [1.165, 1.54) is 0 Å². The van der Waals surface area contributed by atoms with Gasteiger partial charge >= 0.3 is 0 Å². The molecule has 1 unspecified atom stereocenters. The van der Waals surface area contributed by atoms with Crippen molar-refractivity contribution in [1.82, 2.24) is 10.2 Å². The minimum absolute atomic E-state index is 0.0178. The van der Waals surface area contributed by atoms with Crippen LogP contribution in [0.1, 0.15) is 61.3 Å². The predicted octanol–water partition coefficient (Wildman–Crippen LogP) is 2.80. The van der Waals surface area contributed by atoms with Gasteiger partial charge in [0.25, 0.3) is 0 Å². The van der Waals surface area contributed by atoms with Gasteiger partial charge in [0.15, 0.2) is 0 Å². The smallest absolute Gasteiger partial charge is 0.240 e. The van der Waals surface area contributed by atoms with Crippen molar-refractivity contribution in [2.45, 2.75) is 78.9 Å². The standard InChI is InChI=1S/C15H30N2O/c1-11(2)16-12-8-9-17(13(12)18)15(6,7)10-14(3,4)5/h11-12,16H,8-10H2,1-7H3. The summed E-state index contributed by atoms with van der Waals surface area (Å²) in [7, 11) is 0. The lowest BCUT2D eigenvalue weighted by atomic mass is 9.81. The van der Waals surface area contributed by atoms with Crippen LogP contribution in [-0.4, -0.2) is 35.0 Å². The van der Waals surface area contributed by atoms with Gasteiger partial charge in [-0.2, -0.15) is 0 Å². The van der Waals surface area contributed by atoms with Crippen LogP contribution in [0.5, 0.6) is 0 Å². The maximum atomic E-state index is 12.4. The number of carbonyl (C=O) groups is 1. The molecule has 0 saturated carbocycles. The summed E-state index contributed by atoms with van der Waals surface area (Å²) in [5.74, 6) is 0.276. The van der Waals surface area contributed by atoms with Crippen molar-refractivity contribution in [3.8, 4) is 0 Å². The third kappa shape index (κ3) is 3.98. The Morgan fingerprint density at radius 1 is 1.28 bits per heavy atom. The van der Waals surface area contributed by atoms with Crippen LogP contribution >= 0.6 is 0 Å². The first-order valence-corrected chi connectivity index (χ1v) is 7.10. The van der Waals surface area contributed by atoms with Gasteiger partial charge < -0.3 is 10.2 Å². The molecule has 3 nitrogen and oxygen atoms in total. The Labute approximate surface area is 112 Å². The van der Waals surface area contributed by atoms with Crippen molar-refractivity contribution >= 4 is 5.91 Å². The highest BCUT2D eigenvalue weighted by Crippen LogP contribution is 2.33. The molecule has 0 aromatic heterocycles. The van der Waals surface area contributed by atoms with Gasteiger partial charge in [-0.1, -0.05) is 34.6 Å². The second-order valence-electron chi connectivity index (χ2n) is 7.70. The summed E-state index contributed by atoms with van der Waals surface area (Å²) in [6.07, 6.45) is 1.96. The molecule has 3 heteroatoms. The van der Waals surface area contributed by atoms with Crippen molar-refractivity contribution in [2.75, 3.05) is 6.54 Å². The maximum absolute atomic E-state index is 12.4. The lowest BCUT2D eigenvalue weighted by Crippen LogP contribution is -2.50. The van der Waals surface area contributed by atoms with E-state index in [2.05, 4.69) is 58.7 Å². The molecule has 0 bridgehead atoms. The lowest BCUT2D eigenvalue weighted by molar-refractivity contribution is -0.134. The minimum Gasteiger partial charge on any atom is -0.336 e. The van der Waals surface area contributed by atoms with E-state index in [9.17, 15) is 4.79 Å². The first kappa shape index (κ1) is 15.5. The van der Waals surface area contributed by atoms with Crippen LogP contribution in [0.4, 0.5) is 0 Å². The van der Waals surface area contributed by atoms with Crippen LogP contribution < -0.4 is 5.32 Å². The van der Waals surface area contributed by atoms with E-state index in [-0.39, 0.29) is 22.9 Å². The lowest BCUT2D eigenvalue weighted by Gasteiger charge is -2.40. The van der Waals surface area contributed by atoms with Gasteiger partial charge in [-0.3, -0.25) is 4.79 Å². The summed E-state index contributed by atoms with van der Waals surface area (Å²) in [6.45, 7) is 16.2. The molecular formula is C15H30N2O. The molecule has 0 aromatic carbocycles. The highest BCUT2D eigenvalue weighted by molar-refractivity contribution is 5.84. The first-order valence-electron chi connectivity index (χ1n) is 7.10. The third-order valence-corrected chi connectivity index (χ3v) is 3.43. The molecule has 1 rings (SSSR count). The maximum Gasteiger partial charge on any atom is 0.240 e. The molecular weight excluding hydrogens is 224 g/mol. The van der Waals surface area contributed by atoms with E-state index in [4.69, 9.17) is 0 Å². The van der Waals surface area contributed by atoms with Gasteiger partial charge in [-0.25, -0.2) is 0 Å². The average molecular weight is 254 g/mol. The van der Waals surface area contributed by atoms with Crippen LogP contribution in [0, 0.1) is 5.41 Å². The molecule has 1 fully saturated rings. The number of hydrogen-bond donors (Lipinski definition) is 1. The van der Waals surface area contributed by atoms with Crippen molar-refractivity contribution in [1.29, 1.82) is 0 Å². The molecule has 1 amide bonds. The van der Waals surface area contributed by atoms with Crippen LogP contribution in [0.3, 0.4) is 0 Å². The molecule has 0 aliphatic carbocycles. The second kappa shape index (κ2) is 5.20. The number of likely N-dealkylation sites (tertiary alicyclic amines) is 1. The Hall–Kier alpha value is -0.570. The Balaban J connectivity index is 2.71. The number of hydrogen-bond acceptors (Lipinski definition) is 2. The highest BCUT2D eigenvalue weighted by Gasteiger charge is 2.41. The summed E-state index contributed by atoms with van der Waals surface area (Å²) in [5.41, 5.74) is 0.191. The Morgan fingerprint density at radius 3 is 2.28 bits per heavy atom. The third-order valence-electron chi connectivity index (χ3n) is 3.43. The zero-order chi connectivity index (χ0) is 14.1. The topological polar surface area (TPSA) is 32.3 Å². The van der Waals surface area contributed by atoms with Gasteiger partial charge in [0.2, 0.25) is 5.91 Å². The molecule has 1 N–H and O–H groups in total. The highest BCUT2D eigenvalue weighted by atomic mass is 16.2. The SMILES string of the molecule is CC(C)NC1CCN(C(C)(C)CC(C)(C)C)C1=O. The van der Waals surface area contributed by atoms with Crippen LogP contribution in [0.15, 0.2) is 0 Å². The van der Waals surface area contributed by atoms with E-state index < -0.39 is 0 Å². The monoisotopic (exact) mass is 254 g/mol. The van der Waals surface area contributed by atoms with E-state index >= 15 is 0 Å². The zero-order valence-electron chi connectivity index (χ0n) is 13.1. The fourth-order valence-corrected chi connectivity index (χ4v) is 3.23. The molecule has 1 saturated heterocycles. The van der Waals surface area contributed by atoms with E-state index in [1.807, 2.05) is 0 Å². The molecule has 0 aromatic rings. The van der Waals surface area contributed by atoms with Crippen LogP contribution in [-0.2, 0) is 4.79 Å². The summed E-state index contributed by atoms with van der Waals surface area (Å²) >= 11 is 0. The number of amides is 1. The molecule has 1 aliphatic rings. The number of rotatable bonds is 4. The Kier molecular flexibility index (Phi) is 4.47. The molecule has 0 spiro atoms. The Bertz CT molecular complexity index is 302.